The molecule has 0 heterocycles. The third-order valence-corrected chi connectivity index (χ3v) is 2.51. The molecule has 0 spiro atoms. The minimum absolute atomic E-state index is 0.386. The normalized spacial score (nSPS) is 10.3. The first-order chi connectivity index (χ1) is 9.49. The number of carbonyl (C=O) groups excluding carboxylic acids is 1. The molecule has 20 heavy (non-hydrogen) atoms. The molecule has 0 saturated heterocycles. The van der Waals surface area contributed by atoms with Gasteiger partial charge < -0.3 is 20.1 Å². The van der Waals surface area contributed by atoms with E-state index in [1.165, 1.54) is 0 Å². The summed E-state index contributed by atoms with van der Waals surface area (Å²) in [7, 11) is 3.99. The van der Waals surface area contributed by atoms with Crippen molar-refractivity contribution in [1.29, 1.82) is 0 Å². The molecule has 110 valence electrons. The molecule has 0 radical (unpaired) electrons. The summed E-state index contributed by atoms with van der Waals surface area (Å²) < 4.78 is 5.55. The number of rotatable bonds is 8. The van der Waals surface area contributed by atoms with Gasteiger partial charge in [-0.1, -0.05) is 6.07 Å². The third-order valence-electron chi connectivity index (χ3n) is 2.51. The second-order valence-corrected chi connectivity index (χ2v) is 4.61. The molecule has 6 nitrogen and oxygen atoms in total. The molecule has 0 aliphatic carbocycles. The Balaban J connectivity index is 2.48. The lowest BCUT2D eigenvalue weighted by Crippen LogP contribution is -2.29. The highest BCUT2D eigenvalue weighted by Gasteiger charge is 2.08. The van der Waals surface area contributed by atoms with E-state index in [0.29, 0.717) is 17.9 Å². The maximum absolute atomic E-state index is 11.7. The molecule has 1 amide bonds. The summed E-state index contributed by atoms with van der Waals surface area (Å²) >= 11 is 0. The zero-order valence-electron chi connectivity index (χ0n) is 11.8. The third kappa shape index (κ3) is 6.19. The molecule has 0 unspecified atom stereocenters. The van der Waals surface area contributed by atoms with Crippen LogP contribution in [0.1, 0.15) is 16.8 Å². The van der Waals surface area contributed by atoms with Crippen LogP contribution in [0, 0.1) is 0 Å². The lowest BCUT2D eigenvalue weighted by Gasteiger charge is -2.11. The fourth-order valence-corrected chi connectivity index (χ4v) is 1.56. The summed E-state index contributed by atoms with van der Waals surface area (Å²) in [5.74, 6) is -0.896. The Hall–Kier alpha value is -2.08. The molecule has 0 aromatic heterocycles. The minimum atomic E-state index is -1.07. The number of ether oxygens (including phenoxy) is 1. The number of carboxylic acids is 1. The van der Waals surface area contributed by atoms with E-state index in [0.717, 1.165) is 13.0 Å². The largest absolute Gasteiger partial charge is 0.494 e. The van der Waals surface area contributed by atoms with Crippen molar-refractivity contribution in [3.8, 4) is 5.75 Å². The Kier molecular flexibility index (Phi) is 6.52. The number of benzene rings is 1. The second kappa shape index (κ2) is 8.16. The van der Waals surface area contributed by atoms with Crippen LogP contribution in [0.5, 0.6) is 5.75 Å². The van der Waals surface area contributed by atoms with Crippen molar-refractivity contribution in [2.75, 3.05) is 33.8 Å². The van der Waals surface area contributed by atoms with Crippen molar-refractivity contribution in [2.24, 2.45) is 0 Å². The van der Waals surface area contributed by atoms with Crippen molar-refractivity contribution in [2.45, 2.75) is 6.42 Å². The summed E-state index contributed by atoms with van der Waals surface area (Å²) in [6.45, 7) is 1.10. The molecule has 0 aliphatic rings. The summed E-state index contributed by atoms with van der Waals surface area (Å²) in [6.07, 6.45) is 0.891. The van der Waals surface area contributed by atoms with E-state index in [2.05, 4.69) is 10.2 Å². The van der Waals surface area contributed by atoms with Gasteiger partial charge in [0.05, 0.1) is 6.61 Å². The van der Waals surface area contributed by atoms with Crippen LogP contribution in [0.25, 0.3) is 0 Å². The Bertz CT molecular complexity index is 460. The van der Waals surface area contributed by atoms with E-state index < -0.39 is 18.4 Å². The number of hydrogen-bond donors (Lipinski definition) is 2. The Labute approximate surface area is 118 Å². The first-order valence-electron chi connectivity index (χ1n) is 6.36. The molecule has 0 bridgehead atoms. The predicted octanol–water partition coefficient (Wildman–Crippen LogP) is 0.831. The van der Waals surface area contributed by atoms with Gasteiger partial charge in [-0.15, -0.1) is 0 Å². The van der Waals surface area contributed by atoms with Gasteiger partial charge in [-0.2, -0.15) is 0 Å². The van der Waals surface area contributed by atoms with Crippen LogP contribution >= 0.6 is 0 Å². The molecule has 1 rings (SSSR count). The van der Waals surface area contributed by atoms with Crippen molar-refractivity contribution >= 4 is 11.9 Å². The minimum Gasteiger partial charge on any atom is -0.494 e. The SMILES string of the molecule is CN(C)CCCOc1cccc(C(=O)NCC(=O)O)c1. The van der Waals surface area contributed by atoms with Crippen LogP contribution in [0.4, 0.5) is 0 Å². The molecule has 0 fully saturated rings. The van der Waals surface area contributed by atoms with Gasteiger partial charge in [0.25, 0.3) is 5.91 Å². The monoisotopic (exact) mass is 280 g/mol. The number of aliphatic carboxylic acids is 1. The van der Waals surface area contributed by atoms with E-state index in [4.69, 9.17) is 9.84 Å². The molecule has 1 aromatic rings. The summed E-state index contributed by atoms with van der Waals surface area (Å²) in [5.41, 5.74) is 0.386. The fourth-order valence-electron chi connectivity index (χ4n) is 1.56. The van der Waals surface area contributed by atoms with Crippen LogP contribution in [-0.4, -0.2) is 55.7 Å². The Morgan fingerprint density at radius 3 is 2.75 bits per heavy atom. The van der Waals surface area contributed by atoms with E-state index in [-0.39, 0.29) is 0 Å². The van der Waals surface area contributed by atoms with Crippen molar-refractivity contribution < 1.29 is 19.4 Å². The predicted molar refractivity (Wildman–Crippen MR) is 75.1 cm³/mol. The highest BCUT2D eigenvalue weighted by atomic mass is 16.5. The topological polar surface area (TPSA) is 78.9 Å². The van der Waals surface area contributed by atoms with Crippen LogP contribution in [0.3, 0.4) is 0 Å². The molecule has 2 N–H and O–H groups in total. The smallest absolute Gasteiger partial charge is 0.322 e. The van der Waals surface area contributed by atoms with E-state index in [9.17, 15) is 9.59 Å². The van der Waals surface area contributed by atoms with E-state index in [1.807, 2.05) is 14.1 Å². The molecular weight excluding hydrogens is 260 g/mol. The van der Waals surface area contributed by atoms with Crippen LogP contribution < -0.4 is 10.1 Å². The second-order valence-electron chi connectivity index (χ2n) is 4.61. The molecule has 6 heteroatoms. The van der Waals surface area contributed by atoms with Gasteiger partial charge in [0.1, 0.15) is 12.3 Å². The van der Waals surface area contributed by atoms with Crippen LogP contribution in [-0.2, 0) is 4.79 Å². The number of nitrogens with zero attached hydrogens (tertiary/aromatic N) is 1. The van der Waals surface area contributed by atoms with Crippen molar-refractivity contribution in [3.63, 3.8) is 0 Å². The zero-order valence-corrected chi connectivity index (χ0v) is 11.8. The highest BCUT2D eigenvalue weighted by molar-refractivity contribution is 5.96. The van der Waals surface area contributed by atoms with Crippen molar-refractivity contribution in [3.05, 3.63) is 29.8 Å². The average Bonchev–Trinajstić information content (AvgIpc) is 2.41. The van der Waals surface area contributed by atoms with E-state index >= 15 is 0 Å². The quantitative estimate of drug-likeness (QED) is 0.690. The van der Waals surface area contributed by atoms with E-state index in [1.54, 1.807) is 24.3 Å². The molecular formula is C14H20N2O4. The Morgan fingerprint density at radius 1 is 1.35 bits per heavy atom. The van der Waals surface area contributed by atoms with Crippen LogP contribution in [0.2, 0.25) is 0 Å². The first kappa shape index (κ1) is 16.0. The Morgan fingerprint density at radius 2 is 2.10 bits per heavy atom. The number of carboxylic acid groups (broad SMARTS) is 1. The molecule has 0 aliphatic heterocycles. The molecule has 0 saturated carbocycles. The van der Waals surface area contributed by atoms with Crippen LogP contribution in [0.15, 0.2) is 24.3 Å². The summed E-state index contributed by atoms with van der Waals surface area (Å²) in [6, 6.07) is 6.69. The lowest BCUT2D eigenvalue weighted by molar-refractivity contribution is -0.135. The maximum Gasteiger partial charge on any atom is 0.322 e. The lowest BCUT2D eigenvalue weighted by atomic mass is 10.2. The standard InChI is InChI=1S/C14H20N2O4/c1-16(2)7-4-8-20-12-6-3-5-11(9-12)14(19)15-10-13(17)18/h3,5-6,9H,4,7-8,10H2,1-2H3,(H,15,19)(H,17,18). The first-order valence-corrected chi connectivity index (χ1v) is 6.36. The van der Waals surface area contributed by atoms with Gasteiger partial charge in [0.15, 0.2) is 0 Å². The summed E-state index contributed by atoms with van der Waals surface area (Å²) in [4.78, 5) is 24.1. The number of carbonyl (C=O) groups is 2. The molecule has 0 atom stereocenters. The zero-order chi connectivity index (χ0) is 15.0. The number of nitrogens with one attached hydrogen (secondary N) is 1. The van der Waals surface area contributed by atoms with Gasteiger partial charge in [-0.3, -0.25) is 9.59 Å². The molecule has 1 aromatic carbocycles. The summed E-state index contributed by atoms with van der Waals surface area (Å²) in [5, 5.41) is 10.8. The fraction of sp³-hybridized carbons (Fsp3) is 0.429. The highest BCUT2D eigenvalue weighted by Crippen LogP contribution is 2.13. The number of hydrogen-bond acceptors (Lipinski definition) is 4. The van der Waals surface area contributed by atoms with Gasteiger partial charge in [0.2, 0.25) is 0 Å². The average molecular weight is 280 g/mol. The van der Waals surface area contributed by atoms with Gasteiger partial charge in [-0.25, -0.2) is 0 Å². The maximum atomic E-state index is 11.7. The number of amides is 1. The van der Waals surface area contributed by atoms with Crippen molar-refractivity contribution in [1.82, 2.24) is 10.2 Å². The van der Waals surface area contributed by atoms with Gasteiger partial charge in [-0.05, 0) is 38.7 Å². The van der Waals surface area contributed by atoms with Gasteiger partial charge in [0, 0.05) is 12.1 Å². The van der Waals surface area contributed by atoms with Gasteiger partial charge >= 0.3 is 5.97 Å².